The Kier molecular flexibility index (Phi) is 6.59. The molecule has 0 unspecified atom stereocenters. The highest BCUT2D eigenvalue weighted by Gasteiger charge is 2.45. The van der Waals surface area contributed by atoms with Gasteiger partial charge in [0.25, 0.3) is 0 Å². The van der Waals surface area contributed by atoms with Gasteiger partial charge in [-0.1, -0.05) is 40.5 Å². The molecule has 1 aliphatic heterocycles. The highest BCUT2D eigenvalue weighted by Crippen LogP contribution is 2.44. The summed E-state index contributed by atoms with van der Waals surface area (Å²) in [5, 5.41) is 18.8. The van der Waals surface area contributed by atoms with Gasteiger partial charge in [-0.3, -0.25) is 4.79 Å². The first-order valence-electron chi connectivity index (χ1n) is 12.7. The van der Waals surface area contributed by atoms with Crippen LogP contribution in [0, 0.1) is 11.7 Å². The largest absolute Gasteiger partial charge is 0.481 e. The third-order valence-corrected chi connectivity index (χ3v) is 8.40. The fourth-order valence-corrected chi connectivity index (χ4v) is 6.32. The number of aryl methyl sites for hydroxylation is 1. The molecule has 2 aliphatic carbocycles. The number of carboxylic acid groups (broad SMARTS) is 1. The molecule has 0 radical (unpaired) electrons. The number of carbonyl (C=O) groups is 1. The maximum absolute atomic E-state index is 14.6. The molecule has 0 spiro atoms. The Morgan fingerprint density at radius 3 is 2.59 bits per heavy atom. The number of hydrogen-bond acceptors (Lipinski definition) is 5. The first-order chi connectivity index (χ1) is 17.9. The maximum Gasteiger partial charge on any atom is 0.303 e. The van der Waals surface area contributed by atoms with Crippen molar-refractivity contribution in [2.45, 2.75) is 63.2 Å². The van der Waals surface area contributed by atoms with Crippen LogP contribution in [-0.2, 0) is 22.6 Å². The molecule has 194 valence electrons. The van der Waals surface area contributed by atoms with Gasteiger partial charge in [0.2, 0.25) is 0 Å². The van der Waals surface area contributed by atoms with Gasteiger partial charge in [-0.2, -0.15) is 0 Å². The summed E-state index contributed by atoms with van der Waals surface area (Å²) in [6, 6.07) is 10.8. The van der Waals surface area contributed by atoms with Crippen LogP contribution in [0.3, 0.4) is 0 Å². The van der Waals surface area contributed by atoms with Gasteiger partial charge in [-0.25, -0.2) is 9.07 Å². The van der Waals surface area contributed by atoms with E-state index in [1.54, 1.807) is 28.9 Å². The van der Waals surface area contributed by atoms with Gasteiger partial charge in [0.05, 0.1) is 34.1 Å². The lowest BCUT2D eigenvalue weighted by atomic mass is 10.0. The predicted molar refractivity (Wildman–Crippen MR) is 138 cm³/mol. The van der Waals surface area contributed by atoms with E-state index in [1.165, 1.54) is 6.07 Å². The summed E-state index contributed by atoms with van der Waals surface area (Å²) in [5.74, 6) is -0.528. The zero-order valence-electron chi connectivity index (χ0n) is 20.1. The van der Waals surface area contributed by atoms with Crippen molar-refractivity contribution in [1.29, 1.82) is 0 Å². The molecule has 1 aromatic heterocycles. The van der Waals surface area contributed by atoms with E-state index in [9.17, 15) is 9.18 Å². The van der Waals surface area contributed by atoms with Crippen LogP contribution < -0.4 is 4.90 Å². The van der Waals surface area contributed by atoms with E-state index in [2.05, 4.69) is 15.2 Å². The van der Waals surface area contributed by atoms with Crippen LogP contribution in [0.1, 0.15) is 55.0 Å². The van der Waals surface area contributed by atoms with E-state index in [0.717, 1.165) is 49.3 Å². The number of halogens is 3. The maximum atomic E-state index is 14.6. The quantitative estimate of drug-likeness (QED) is 0.367. The lowest BCUT2D eigenvalue weighted by Gasteiger charge is -2.33. The molecule has 10 heteroatoms. The number of ether oxygens (including phenoxy) is 1. The van der Waals surface area contributed by atoms with Crippen LogP contribution in [0.2, 0.25) is 10.0 Å². The lowest BCUT2D eigenvalue weighted by Crippen LogP contribution is -2.38. The number of rotatable bonds is 9. The van der Waals surface area contributed by atoms with E-state index in [-0.39, 0.29) is 30.8 Å². The van der Waals surface area contributed by atoms with E-state index in [0.29, 0.717) is 39.7 Å². The Morgan fingerprint density at radius 2 is 1.95 bits per heavy atom. The van der Waals surface area contributed by atoms with Crippen LogP contribution in [0.4, 0.5) is 10.1 Å². The van der Waals surface area contributed by atoms with Crippen LogP contribution in [-0.4, -0.2) is 44.8 Å². The molecule has 3 aromatic rings. The number of anilines is 1. The number of nitrogens with zero attached hydrogens (tertiary/aromatic N) is 4. The van der Waals surface area contributed by atoms with E-state index in [1.807, 2.05) is 6.07 Å². The van der Waals surface area contributed by atoms with E-state index in [4.69, 9.17) is 33.0 Å². The van der Waals surface area contributed by atoms with Crippen LogP contribution in [0.5, 0.6) is 0 Å². The lowest BCUT2D eigenvalue weighted by molar-refractivity contribution is -0.136. The summed E-state index contributed by atoms with van der Waals surface area (Å²) in [4.78, 5) is 13.1. The van der Waals surface area contributed by atoms with Crippen molar-refractivity contribution >= 4 is 34.9 Å². The Hall–Kier alpha value is -2.68. The molecular weight excluding hydrogens is 518 g/mol. The van der Waals surface area contributed by atoms with Gasteiger partial charge in [0, 0.05) is 36.5 Å². The Labute approximate surface area is 224 Å². The predicted octanol–water partition coefficient (Wildman–Crippen LogP) is 5.79. The number of benzene rings is 2. The summed E-state index contributed by atoms with van der Waals surface area (Å²) in [7, 11) is 0. The van der Waals surface area contributed by atoms with Crippen LogP contribution in [0.25, 0.3) is 5.69 Å². The van der Waals surface area contributed by atoms with Gasteiger partial charge in [0.15, 0.2) is 0 Å². The summed E-state index contributed by atoms with van der Waals surface area (Å²) < 4.78 is 22.8. The molecule has 7 nitrogen and oxygen atoms in total. The van der Waals surface area contributed by atoms with Crippen molar-refractivity contribution in [2.24, 2.45) is 5.92 Å². The molecule has 2 bridgehead atoms. The number of aliphatic carboxylic acids is 1. The summed E-state index contributed by atoms with van der Waals surface area (Å²) in [6.07, 6.45) is 4.25. The molecule has 2 aromatic carbocycles. The van der Waals surface area contributed by atoms with Crippen LogP contribution >= 0.6 is 23.2 Å². The van der Waals surface area contributed by atoms with Gasteiger partial charge in [-0.15, -0.1) is 5.10 Å². The zero-order valence-corrected chi connectivity index (χ0v) is 21.6. The van der Waals surface area contributed by atoms with E-state index >= 15 is 0 Å². The smallest absolute Gasteiger partial charge is 0.303 e. The second-order valence-corrected chi connectivity index (χ2v) is 11.0. The number of piperidine rings is 1. The highest BCUT2D eigenvalue weighted by molar-refractivity contribution is 6.37. The summed E-state index contributed by atoms with van der Waals surface area (Å²) in [5.41, 5.74) is 3.76. The van der Waals surface area contributed by atoms with Crippen molar-refractivity contribution in [3.63, 3.8) is 0 Å². The first kappa shape index (κ1) is 24.6. The average molecular weight is 545 g/mol. The van der Waals surface area contributed by atoms with Gasteiger partial charge in [0.1, 0.15) is 11.5 Å². The minimum Gasteiger partial charge on any atom is -0.481 e. The third kappa shape index (κ3) is 4.82. The standard InChI is InChI=1S/C27H27Cl2FN4O3/c28-20-2-1-3-21(29)27(20)34-23(26(31-32-34)16-4-5-16)14-37-24-12-19-10-17(24)13-33(19)18-8-6-15(22(30)11-18)7-9-25(35)36/h1-3,6,8,11,16-17,19,24H,4-5,7,9-10,12-14H2,(H,35,36)/t17-,19-,24+/m0/s1. The summed E-state index contributed by atoms with van der Waals surface area (Å²) >= 11 is 12.9. The average Bonchev–Trinajstić information content (AvgIpc) is 3.32. The van der Waals surface area contributed by atoms with Gasteiger partial charge in [-0.05, 0) is 61.9 Å². The van der Waals surface area contributed by atoms with Gasteiger partial charge < -0.3 is 14.7 Å². The monoisotopic (exact) mass is 544 g/mol. The van der Waals surface area contributed by atoms with Crippen LogP contribution in [0.15, 0.2) is 36.4 Å². The topological polar surface area (TPSA) is 80.5 Å². The molecule has 0 amide bonds. The number of aromatic nitrogens is 3. The fourth-order valence-electron chi connectivity index (χ4n) is 5.77. The Bertz CT molecular complexity index is 1320. The second-order valence-electron chi connectivity index (χ2n) is 10.2. The van der Waals surface area contributed by atoms with Crippen molar-refractivity contribution in [3.05, 3.63) is 69.2 Å². The fraction of sp³-hybridized carbons (Fsp3) is 0.444. The number of carboxylic acids is 1. The molecular formula is C27H27Cl2FN4O3. The van der Waals surface area contributed by atoms with Crippen molar-refractivity contribution < 1.29 is 19.0 Å². The van der Waals surface area contributed by atoms with Crippen molar-refractivity contribution in [2.75, 3.05) is 11.4 Å². The molecule has 3 aliphatic rings. The molecule has 2 saturated carbocycles. The highest BCUT2D eigenvalue weighted by atomic mass is 35.5. The molecule has 1 saturated heterocycles. The first-order valence-corrected chi connectivity index (χ1v) is 13.4. The summed E-state index contributed by atoms with van der Waals surface area (Å²) in [6.45, 7) is 1.17. The number of hydrogen-bond donors (Lipinski definition) is 1. The molecule has 3 fully saturated rings. The second kappa shape index (κ2) is 9.89. The number of fused-ring (bicyclic) bond motifs is 2. The molecule has 2 heterocycles. The Balaban J connectivity index is 1.14. The van der Waals surface area contributed by atoms with Crippen molar-refractivity contribution in [3.8, 4) is 5.69 Å². The molecule has 37 heavy (non-hydrogen) atoms. The van der Waals surface area contributed by atoms with Crippen molar-refractivity contribution in [1.82, 2.24) is 15.0 Å². The number of para-hydroxylation sites is 1. The minimum absolute atomic E-state index is 0.0801. The molecule has 6 rings (SSSR count). The Morgan fingerprint density at radius 1 is 1.16 bits per heavy atom. The molecule has 3 atom stereocenters. The molecule has 1 N–H and O–H groups in total. The third-order valence-electron chi connectivity index (χ3n) is 7.79. The minimum atomic E-state index is -0.926. The van der Waals surface area contributed by atoms with E-state index < -0.39 is 5.97 Å². The van der Waals surface area contributed by atoms with Gasteiger partial charge >= 0.3 is 5.97 Å². The normalized spacial score (nSPS) is 22.7. The SMILES string of the molecule is O=C(O)CCc1ccc(N2C[C@@H]3C[C@H]2C[C@H]3OCc2c(C3CC3)nnn2-c2c(Cl)cccc2Cl)cc1F. The zero-order chi connectivity index (χ0) is 25.7.